The molecule has 7 atom stereocenters. The van der Waals surface area contributed by atoms with Crippen LogP contribution in [0.1, 0.15) is 39.8 Å². The summed E-state index contributed by atoms with van der Waals surface area (Å²) in [7, 11) is 3.07. The average molecular weight is 513 g/mol. The molecule has 2 N–H and O–H groups in total. The Kier molecular flexibility index (Phi) is 7.09. The van der Waals surface area contributed by atoms with Crippen LogP contribution in [0.25, 0.3) is 6.08 Å². The van der Waals surface area contributed by atoms with Crippen LogP contribution >= 0.6 is 0 Å². The number of carbonyl (C=O) groups excluding carboxylic acids is 2. The number of fused-ring (bicyclic) bond motifs is 3. The van der Waals surface area contributed by atoms with Gasteiger partial charge in [-0.05, 0) is 56.3 Å². The van der Waals surface area contributed by atoms with E-state index in [2.05, 4.69) is 18.8 Å². The molecular weight excluding hydrogens is 476 g/mol. The van der Waals surface area contributed by atoms with E-state index in [-0.39, 0.29) is 29.7 Å². The number of carbonyl (C=O) groups is 2. The number of hydrogen-bond acceptors (Lipinski definition) is 8. The van der Waals surface area contributed by atoms with Gasteiger partial charge in [-0.25, -0.2) is 14.6 Å². The molecule has 2 aliphatic heterocycles. The molecule has 1 aromatic rings. The van der Waals surface area contributed by atoms with Gasteiger partial charge in [-0.1, -0.05) is 32.1 Å². The van der Waals surface area contributed by atoms with Gasteiger partial charge in [0.15, 0.2) is 0 Å². The van der Waals surface area contributed by atoms with Gasteiger partial charge in [0.05, 0.1) is 30.3 Å². The third kappa shape index (κ3) is 5.21. The molecule has 2 bridgehead atoms. The molecular formula is C28H36N2O7. The van der Waals surface area contributed by atoms with Gasteiger partial charge in [-0.2, -0.15) is 0 Å². The molecule has 5 unspecified atom stereocenters. The lowest BCUT2D eigenvalue weighted by atomic mass is 9.62. The van der Waals surface area contributed by atoms with Gasteiger partial charge < -0.3 is 29.0 Å². The lowest BCUT2D eigenvalue weighted by Gasteiger charge is -2.45. The number of methoxy groups -OCH3 is 1. The van der Waals surface area contributed by atoms with E-state index in [1.165, 1.54) is 19.3 Å². The summed E-state index contributed by atoms with van der Waals surface area (Å²) in [6.07, 6.45) is 13.9. The van der Waals surface area contributed by atoms with Crippen LogP contribution in [0.4, 0.5) is 0 Å². The van der Waals surface area contributed by atoms with Gasteiger partial charge in [0.1, 0.15) is 11.7 Å². The molecule has 3 aliphatic rings. The predicted octanol–water partition coefficient (Wildman–Crippen LogP) is 2.71. The summed E-state index contributed by atoms with van der Waals surface area (Å²) in [6.45, 7) is 7.50. The largest absolute Gasteiger partial charge is 0.466 e. The van der Waals surface area contributed by atoms with E-state index in [1.54, 1.807) is 55.2 Å². The Labute approximate surface area is 217 Å². The van der Waals surface area contributed by atoms with E-state index in [9.17, 15) is 19.8 Å². The maximum absolute atomic E-state index is 12.9. The molecule has 0 aromatic carbocycles. The van der Waals surface area contributed by atoms with Crippen LogP contribution in [-0.4, -0.2) is 61.9 Å². The second-order valence-electron chi connectivity index (χ2n) is 10.9. The summed E-state index contributed by atoms with van der Waals surface area (Å²) in [5.74, 6) is -4.16. The Balaban J connectivity index is 1.77. The van der Waals surface area contributed by atoms with Gasteiger partial charge >= 0.3 is 11.9 Å². The summed E-state index contributed by atoms with van der Waals surface area (Å²) >= 11 is 0. The van der Waals surface area contributed by atoms with Crippen molar-refractivity contribution in [3.63, 3.8) is 0 Å². The van der Waals surface area contributed by atoms with Gasteiger partial charge in [0.2, 0.25) is 5.79 Å². The molecule has 0 fully saturated rings. The Bertz CT molecular complexity index is 1180. The molecule has 9 heteroatoms. The van der Waals surface area contributed by atoms with E-state index in [0.717, 1.165) is 0 Å². The van der Waals surface area contributed by atoms with Crippen LogP contribution in [-0.2, 0) is 30.8 Å². The molecule has 1 aromatic heterocycles. The van der Waals surface area contributed by atoms with Crippen LogP contribution in [0.5, 0.6) is 0 Å². The standard InChI is InChI=1S/C28H36N2O7/c1-17(2)19-9-10-26(3,33)21-14-23(36-24(31)8-7-18-15-30(5)16-29-18)27(4)11-12-28(34,37-27)22(13-20(19)21)25(32)35-6/h7-13,15-17,19-21,23,33-34H,14H2,1-6H3/b8-7+,22-13-/t19?,20?,21?,23?,26?,27-,28+/m0/s1. The minimum absolute atomic E-state index is 0.0534. The first-order valence-electron chi connectivity index (χ1n) is 12.5. The summed E-state index contributed by atoms with van der Waals surface area (Å²) in [5.41, 5.74) is -2.02. The van der Waals surface area contributed by atoms with Gasteiger partial charge in [0, 0.05) is 25.2 Å². The Morgan fingerprint density at radius 2 is 1.97 bits per heavy atom. The van der Waals surface area contributed by atoms with Crippen LogP contribution < -0.4 is 0 Å². The van der Waals surface area contributed by atoms with Crippen molar-refractivity contribution in [2.24, 2.45) is 30.7 Å². The Morgan fingerprint density at radius 1 is 1.24 bits per heavy atom. The monoisotopic (exact) mass is 512 g/mol. The second kappa shape index (κ2) is 9.70. The SMILES string of the molecule is COC(=O)/C1=C/C2C(C(C)C)C=CC(C)(O)C2CC(OC(=O)/C=C/c2cn(C)cn2)[C@]2(C)C=C[C@@]1(O)O2. The van der Waals surface area contributed by atoms with E-state index < -0.39 is 40.9 Å². The zero-order valence-electron chi connectivity index (χ0n) is 22.1. The quantitative estimate of drug-likeness (QED) is 0.351. The van der Waals surface area contributed by atoms with Crippen molar-refractivity contribution in [3.05, 3.63) is 60.2 Å². The Hall–Kier alpha value is -3.01. The fourth-order valence-electron chi connectivity index (χ4n) is 5.62. The van der Waals surface area contributed by atoms with Crippen LogP contribution in [0.15, 0.2) is 54.6 Å². The molecule has 4 rings (SSSR count). The fourth-order valence-corrected chi connectivity index (χ4v) is 5.62. The summed E-state index contributed by atoms with van der Waals surface area (Å²) in [5, 5.41) is 23.0. The molecule has 9 nitrogen and oxygen atoms in total. The van der Waals surface area contributed by atoms with Crippen molar-refractivity contribution >= 4 is 18.0 Å². The lowest BCUT2D eigenvalue weighted by Crippen LogP contribution is -2.50. The maximum Gasteiger partial charge on any atom is 0.339 e. The number of hydrogen-bond donors (Lipinski definition) is 2. The van der Waals surface area contributed by atoms with Crippen LogP contribution in [0.2, 0.25) is 0 Å². The second-order valence-corrected chi connectivity index (χ2v) is 10.9. The first-order valence-corrected chi connectivity index (χ1v) is 12.5. The number of rotatable bonds is 5. The van der Waals surface area contributed by atoms with Crippen molar-refractivity contribution in [1.29, 1.82) is 0 Å². The molecule has 1 aliphatic carbocycles. The van der Waals surface area contributed by atoms with Crippen LogP contribution in [0, 0.1) is 23.7 Å². The minimum Gasteiger partial charge on any atom is -0.466 e. The molecule has 3 heterocycles. The summed E-state index contributed by atoms with van der Waals surface area (Å²) in [6, 6.07) is 0. The third-order valence-electron chi connectivity index (χ3n) is 7.73. The number of ether oxygens (including phenoxy) is 3. The topological polar surface area (TPSA) is 120 Å². The molecule has 0 saturated carbocycles. The van der Waals surface area contributed by atoms with Crippen LogP contribution in [0.3, 0.4) is 0 Å². The highest BCUT2D eigenvalue weighted by atomic mass is 16.7. The van der Waals surface area contributed by atoms with Gasteiger partial charge in [0.25, 0.3) is 0 Å². The fraction of sp³-hybridized carbons (Fsp3) is 0.536. The van der Waals surface area contributed by atoms with Crippen molar-refractivity contribution < 1.29 is 34.0 Å². The molecule has 0 amide bonds. The third-order valence-corrected chi connectivity index (χ3v) is 7.73. The molecule has 37 heavy (non-hydrogen) atoms. The predicted molar refractivity (Wildman–Crippen MR) is 135 cm³/mol. The maximum atomic E-state index is 12.9. The normalized spacial score (nSPS) is 38.5. The molecule has 0 radical (unpaired) electrons. The first-order chi connectivity index (χ1) is 17.3. The Morgan fingerprint density at radius 3 is 2.59 bits per heavy atom. The number of imidazole rings is 1. The van der Waals surface area contributed by atoms with Gasteiger partial charge in [-0.3, -0.25) is 0 Å². The number of aromatic nitrogens is 2. The summed E-state index contributed by atoms with van der Waals surface area (Å²) in [4.78, 5) is 30.0. The van der Waals surface area contributed by atoms with Gasteiger partial charge in [-0.15, -0.1) is 0 Å². The number of nitrogens with zero attached hydrogens (tertiary/aromatic N) is 2. The average Bonchev–Trinajstić information content (AvgIpc) is 3.39. The highest BCUT2D eigenvalue weighted by Gasteiger charge is 2.55. The smallest absolute Gasteiger partial charge is 0.339 e. The van der Waals surface area contributed by atoms with Crippen molar-refractivity contribution in [3.8, 4) is 0 Å². The van der Waals surface area contributed by atoms with Crippen molar-refractivity contribution in [2.45, 2.75) is 57.2 Å². The number of aliphatic hydroxyl groups is 2. The molecule has 0 saturated heterocycles. The van der Waals surface area contributed by atoms with E-state index in [1.807, 2.05) is 13.1 Å². The molecule has 200 valence electrons. The van der Waals surface area contributed by atoms with Crippen molar-refractivity contribution in [1.82, 2.24) is 9.55 Å². The lowest BCUT2D eigenvalue weighted by molar-refractivity contribution is -0.218. The molecule has 0 spiro atoms. The summed E-state index contributed by atoms with van der Waals surface area (Å²) < 4.78 is 18.8. The van der Waals surface area contributed by atoms with Crippen molar-refractivity contribution in [2.75, 3.05) is 7.11 Å². The number of esters is 2. The van der Waals surface area contributed by atoms with E-state index >= 15 is 0 Å². The van der Waals surface area contributed by atoms with E-state index in [4.69, 9.17) is 14.2 Å². The van der Waals surface area contributed by atoms with E-state index in [0.29, 0.717) is 5.69 Å². The highest BCUT2D eigenvalue weighted by molar-refractivity contribution is 5.91. The minimum atomic E-state index is -2.08. The number of allylic oxidation sites excluding steroid dienone is 2. The zero-order chi connectivity index (χ0) is 27.2. The first kappa shape index (κ1) is 27.0. The highest BCUT2D eigenvalue weighted by Crippen LogP contribution is 2.49. The zero-order valence-corrected chi connectivity index (χ0v) is 22.1. The number of aryl methyl sites for hydroxylation is 1.